The molecular weight excluding hydrogens is 560 g/mol. The van der Waals surface area contributed by atoms with Gasteiger partial charge in [0.1, 0.15) is 22.7 Å². The Morgan fingerprint density at radius 2 is 1.18 bits per heavy atom. The molecule has 0 radical (unpaired) electrons. The van der Waals surface area contributed by atoms with Crippen LogP contribution in [-0.4, -0.2) is 35.1 Å². The quantitative estimate of drug-likeness (QED) is 0.0807. The minimum absolute atomic E-state index is 0.0172. The number of rotatable bonds is 16. The van der Waals surface area contributed by atoms with Crippen molar-refractivity contribution in [2.45, 2.75) is 118 Å². The Kier molecular flexibility index (Phi) is 14.0. The number of hydrogen-bond acceptors (Lipinski definition) is 8. The van der Waals surface area contributed by atoms with E-state index in [1.165, 1.54) is 24.3 Å². The molecule has 0 spiro atoms. The van der Waals surface area contributed by atoms with Crippen LogP contribution in [0, 0.1) is 5.41 Å². The number of unbranched alkanes of at least 4 members (excludes halogenated alkanes) is 5. The van der Waals surface area contributed by atoms with Crippen molar-refractivity contribution in [1.29, 1.82) is 0 Å². The third kappa shape index (κ3) is 12.4. The monoisotopic (exact) mass is 608 g/mol. The van der Waals surface area contributed by atoms with Crippen LogP contribution in [-0.2, 0) is 14.3 Å². The predicted molar refractivity (Wildman–Crippen MR) is 169 cm³/mol. The van der Waals surface area contributed by atoms with Crippen molar-refractivity contribution in [2.75, 3.05) is 0 Å². The highest BCUT2D eigenvalue weighted by molar-refractivity contribution is 6.05. The van der Waals surface area contributed by atoms with E-state index in [-0.39, 0.29) is 47.0 Å². The normalized spacial score (nSPS) is 11.5. The largest absolute Gasteiger partial charge is 0.456 e. The molecule has 0 unspecified atom stereocenters. The minimum Gasteiger partial charge on any atom is -0.456 e. The average molecular weight is 609 g/mol. The van der Waals surface area contributed by atoms with Crippen LogP contribution in [0.25, 0.3) is 0 Å². The minimum atomic E-state index is -0.745. The Morgan fingerprint density at radius 3 is 1.75 bits per heavy atom. The lowest BCUT2D eigenvalue weighted by atomic mass is 9.85. The highest BCUT2D eigenvalue weighted by Gasteiger charge is 2.28. The number of carbonyl (C=O) groups excluding carboxylic acids is 5. The molecule has 0 atom stereocenters. The summed E-state index contributed by atoms with van der Waals surface area (Å²) in [5.74, 6) is -1.72. The van der Waals surface area contributed by atoms with Crippen molar-refractivity contribution >= 4 is 29.5 Å². The first-order valence-electron chi connectivity index (χ1n) is 15.6. The fourth-order valence-electron chi connectivity index (χ4n) is 4.35. The number of ketones is 2. The number of Topliss-reactive ketones (excluding diaryl/α,β-unsaturated/α-hetero) is 2. The molecule has 44 heavy (non-hydrogen) atoms. The SMILES string of the molecule is CCCCCCCC(=O)c1ccc(OC(=O)CCCCC(=O)Oc2ccccc2C(=O)OC(C)(C)C)c(C(=O)C(C)(C)C)c1. The Balaban J connectivity index is 1.96. The van der Waals surface area contributed by atoms with Crippen LogP contribution < -0.4 is 9.47 Å². The second kappa shape index (κ2) is 16.9. The Morgan fingerprint density at radius 1 is 0.636 bits per heavy atom. The molecule has 0 aliphatic heterocycles. The number of carbonyl (C=O) groups is 5. The lowest BCUT2D eigenvalue weighted by Crippen LogP contribution is -2.24. The van der Waals surface area contributed by atoms with E-state index in [4.69, 9.17) is 14.2 Å². The molecular formula is C36H48O8. The third-order valence-electron chi connectivity index (χ3n) is 6.70. The van der Waals surface area contributed by atoms with E-state index in [9.17, 15) is 24.0 Å². The van der Waals surface area contributed by atoms with Crippen LogP contribution in [0.2, 0.25) is 0 Å². The highest BCUT2D eigenvalue weighted by atomic mass is 16.6. The van der Waals surface area contributed by atoms with Crippen LogP contribution in [0.5, 0.6) is 11.5 Å². The molecule has 8 heteroatoms. The molecule has 0 saturated carbocycles. The molecule has 0 N–H and O–H groups in total. The fourth-order valence-corrected chi connectivity index (χ4v) is 4.35. The number of benzene rings is 2. The zero-order chi connectivity index (χ0) is 32.9. The van der Waals surface area contributed by atoms with Gasteiger partial charge in [-0.15, -0.1) is 0 Å². The van der Waals surface area contributed by atoms with Crippen LogP contribution in [0.3, 0.4) is 0 Å². The Hall–Kier alpha value is -3.81. The van der Waals surface area contributed by atoms with E-state index in [1.54, 1.807) is 59.7 Å². The van der Waals surface area contributed by atoms with E-state index >= 15 is 0 Å². The fraction of sp³-hybridized carbons (Fsp3) is 0.528. The van der Waals surface area contributed by atoms with Gasteiger partial charge in [0, 0.05) is 30.2 Å². The summed E-state index contributed by atoms with van der Waals surface area (Å²) in [6, 6.07) is 11.0. The van der Waals surface area contributed by atoms with E-state index < -0.39 is 28.9 Å². The number of hydrogen-bond donors (Lipinski definition) is 0. The first kappa shape index (κ1) is 36.4. The van der Waals surface area contributed by atoms with Crippen molar-refractivity contribution < 1.29 is 38.2 Å². The zero-order valence-corrected chi connectivity index (χ0v) is 27.4. The number of para-hydroxylation sites is 1. The van der Waals surface area contributed by atoms with Crippen LogP contribution in [0.4, 0.5) is 0 Å². The van der Waals surface area contributed by atoms with Gasteiger partial charge in [-0.1, -0.05) is 65.5 Å². The summed E-state index contributed by atoms with van der Waals surface area (Å²) < 4.78 is 16.4. The van der Waals surface area contributed by atoms with Crippen molar-refractivity contribution in [3.63, 3.8) is 0 Å². The van der Waals surface area contributed by atoms with Gasteiger partial charge in [0.05, 0.1) is 5.56 Å². The second-order valence-corrected chi connectivity index (χ2v) is 13.0. The Bertz CT molecular complexity index is 1310. The third-order valence-corrected chi connectivity index (χ3v) is 6.70. The lowest BCUT2D eigenvalue weighted by Gasteiger charge is -2.20. The van der Waals surface area contributed by atoms with E-state index in [2.05, 4.69) is 6.92 Å². The molecule has 2 aromatic rings. The highest BCUT2D eigenvalue weighted by Crippen LogP contribution is 2.30. The van der Waals surface area contributed by atoms with Gasteiger partial charge in [0.2, 0.25) is 0 Å². The van der Waals surface area contributed by atoms with Gasteiger partial charge in [-0.25, -0.2) is 4.79 Å². The summed E-state index contributed by atoms with van der Waals surface area (Å²) in [7, 11) is 0. The van der Waals surface area contributed by atoms with Crippen LogP contribution >= 0.6 is 0 Å². The molecule has 0 heterocycles. The van der Waals surface area contributed by atoms with Gasteiger partial charge in [-0.3, -0.25) is 19.2 Å². The first-order chi connectivity index (χ1) is 20.6. The maximum Gasteiger partial charge on any atom is 0.342 e. The summed E-state index contributed by atoms with van der Waals surface area (Å²) in [6.07, 6.45) is 6.29. The van der Waals surface area contributed by atoms with Gasteiger partial charge in [-0.2, -0.15) is 0 Å². The summed E-state index contributed by atoms with van der Waals surface area (Å²) in [5.41, 5.74) is -0.656. The molecule has 2 aromatic carbocycles. The van der Waals surface area contributed by atoms with Gasteiger partial charge in [-0.05, 0) is 70.4 Å². The maximum atomic E-state index is 13.2. The van der Waals surface area contributed by atoms with Gasteiger partial charge in [0.25, 0.3) is 0 Å². The van der Waals surface area contributed by atoms with Crippen molar-refractivity contribution in [3.05, 3.63) is 59.2 Å². The van der Waals surface area contributed by atoms with Crippen LogP contribution in [0.1, 0.15) is 144 Å². The van der Waals surface area contributed by atoms with Crippen molar-refractivity contribution in [3.8, 4) is 11.5 Å². The molecule has 0 amide bonds. The smallest absolute Gasteiger partial charge is 0.342 e. The molecule has 0 aliphatic carbocycles. The summed E-state index contributed by atoms with van der Waals surface area (Å²) in [5, 5.41) is 0. The molecule has 0 fully saturated rings. The Labute approximate surface area is 261 Å². The van der Waals surface area contributed by atoms with E-state index in [0.29, 0.717) is 24.8 Å². The summed E-state index contributed by atoms with van der Waals surface area (Å²) in [4.78, 5) is 63.7. The standard InChI is InChI=1S/C36H48O8/c1-8-9-10-11-12-18-28(37)25-22-23-30(27(24-25)33(40)35(2,3)4)43-32(39)21-16-15-20-31(38)42-29-19-14-13-17-26(29)34(41)44-36(5,6)7/h13-14,17,19,22-24H,8-12,15-16,18,20-21H2,1-7H3. The second-order valence-electron chi connectivity index (χ2n) is 13.0. The molecule has 0 saturated heterocycles. The maximum absolute atomic E-state index is 13.2. The topological polar surface area (TPSA) is 113 Å². The number of ether oxygens (including phenoxy) is 3. The summed E-state index contributed by atoms with van der Waals surface area (Å²) >= 11 is 0. The average Bonchev–Trinajstić information content (AvgIpc) is 2.93. The number of esters is 3. The van der Waals surface area contributed by atoms with Crippen molar-refractivity contribution in [1.82, 2.24) is 0 Å². The molecule has 2 rings (SSSR count). The molecule has 0 bridgehead atoms. The molecule has 8 nitrogen and oxygen atoms in total. The van der Waals surface area contributed by atoms with Gasteiger partial charge < -0.3 is 14.2 Å². The van der Waals surface area contributed by atoms with E-state index in [1.807, 2.05) is 0 Å². The first-order valence-corrected chi connectivity index (χ1v) is 15.6. The molecule has 0 aromatic heterocycles. The van der Waals surface area contributed by atoms with Gasteiger partial charge in [0.15, 0.2) is 11.6 Å². The predicted octanol–water partition coefficient (Wildman–Crippen LogP) is 8.49. The van der Waals surface area contributed by atoms with E-state index in [0.717, 1.165) is 32.1 Å². The van der Waals surface area contributed by atoms with Gasteiger partial charge >= 0.3 is 17.9 Å². The summed E-state index contributed by atoms with van der Waals surface area (Å²) in [6.45, 7) is 12.7. The van der Waals surface area contributed by atoms with Crippen molar-refractivity contribution in [2.24, 2.45) is 5.41 Å². The lowest BCUT2D eigenvalue weighted by molar-refractivity contribution is -0.136. The van der Waals surface area contributed by atoms with Crippen LogP contribution in [0.15, 0.2) is 42.5 Å². The zero-order valence-electron chi connectivity index (χ0n) is 27.4. The molecule has 0 aliphatic rings. The molecule has 240 valence electrons.